The molecule has 0 atom stereocenters. The maximum atomic E-state index is 2.43. The van der Waals surface area contributed by atoms with Gasteiger partial charge in [0.05, 0.1) is 11.0 Å². The molecule has 2 aromatic heterocycles. The van der Waals surface area contributed by atoms with Gasteiger partial charge in [0.2, 0.25) is 0 Å². The fourth-order valence-electron chi connectivity index (χ4n) is 5.97. The van der Waals surface area contributed by atoms with Crippen molar-refractivity contribution in [1.29, 1.82) is 0 Å². The normalized spacial score (nSPS) is 11.5. The van der Waals surface area contributed by atoms with E-state index in [9.17, 15) is 0 Å². The summed E-state index contributed by atoms with van der Waals surface area (Å²) in [5.41, 5.74) is 11.0. The maximum absolute atomic E-state index is 2.43. The molecule has 8 aromatic rings. The molecular formula is C38H25NS. The van der Waals surface area contributed by atoms with E-state index >= 15 is 0 Å². The number of rotatable bonds is 4. The molecule has 0 radical (unpaired) electrons. The molecule has 0 aliphatic rings. The molecule has 0 aliphatic heterocycles. The minimum absolute atomic E-state index is 1.19. The number of nitrogens with zero attached hydrogens (tertiary/aromatic N) is 1. The lowest BCUT2D eigenvalue weighted by molar-refractivity contribution is 1.19. The molecule has 0 unspecified atom stereocenters. The number of fused-ring (bicyclic) bond motifs is 5. The molecule has 0 spiro atoms. The fraction of sp³-hybridized carbons (Fsp3) is 0. The molecule has 0 saturated heterocycles. The average molecular weight is 528 g/mol. The molecule has 6 aromatic carbocycles. The van der Waals surface area contributed by atoms with Crippen molar-refractivity contribution in [2.45, 2.75) is 0 Å². The topological polar surface area (TPSA) is 4.93 Å². The van der Waals surface area contributed by atoms with Crippen LogP contribution in [0.1, 0.15) is 0 Å². The summed E-state index contributed by atoms with van der Waals surface area (Å²) in [5, 5.41) is 6.06. The van der Waals surface area contributed by atoms with Crippen molar-refractivity contribution in [3.8, 4) is 39.1 Å². The van der Waals surface area contributed by atoms with Gasteiger partial charge >= 0.3 is 0 Å². The van der Waals surface area contributed by atoms with E-state index in [1.54, 1.807) is 11.3 Å². The van der Waals surface area contributed by atoms with Crippen molar-refractivity contribution in [1.82, 2.24) is 4.57 Å². The minimum atomic E-state index is 1.19. The Balaban J connectivity index is 1.40. The van der Waals surface area contributed by atoms with Crippen molar-refractivity contribution >= 4 is 43.2 Å². The summed E-state index contributed by atoms with van der Waals surface area (Å²) in [4.78, 5) is 0. The van der Waals surface area contributed by atoms with E-state index in [4.69, 9.17) is 0 Å². The van der Waals surface area contributed by atoms with Crippen LogP contribution in [0, 0.1) is 0 Å². The van der Waals surface area contributed by atoms with E-state index in [0.717, 1.165) is 0 Å². The van der Waals surface area contributed by atoms with Crippen LogP contribution >= 0.6 is 11.3 Å². The Morgan fingerprint density at radius 1 is 0.400 bits per heavy atom. The van der Waals surface area contributed by atoms with Crippen LogP contribution in [0.4, 0.5) is 0 Å². The van der Waals surface area contributed by atoms with E-state index in [0.29, 0.717) is 0 Å². The molecule has 2 heteroatoms. The smallest absolute Gasteiger partial charge is 0.0627 e. The van der Waals surface area contributed by atoms with E-state index < -0.39 is 0 Å². The fourth-order valence-corrected chi connectivity index (χ4v) is 6.76. The highest BCUT2D eigenvalue weighted by molar-refractivity contribution is 7.17. The van der Waals surface area contributed by atoms with Gasteiger partial charge < -0.3 is 4.57 Å². The van der Waals surface area contributed by atoms with Gasteiger partial charge in [-0.2, -0.15) is 0 Å². The van der Waals surface area contributed by atoms with Crippen LogP contribution in [0.15, 0.2) is 151 Å². The monoisotopic (exact) mass is 527 g/mol. The third kappa shape index (κ3) is 3.77. The molecule has 0 fully saturated rings. The summed E-state index contributed by atoms with van der Waals surface area (Å²) < 4.78 is 3.75. The van der Waals surface area contributed by atoms with Crippen LogP contribution in [-0.4, -0.2) is 4.57 Å². The van der Waals surface area contributed by atoms with Crippen LogP contribution in [0.3, 0.4) is 0 Å². The van der Waals surface area contributed by atoms with Crippen molar-refractivity contribution in [3.05, 3.63) is 151 Å². The van der Waals surface area contributed by atoms with Gasteiger partial charge in [-0.1, -0.05) is 91.0 Å². The second-order valence-corrected chi connectivity index (χ2v) is 11.2. The van der Waals surface area contributed by atoms with Gasteiger partial charge in [0.1, 0.15) is 0 Å². The minimum Gasteiger partial charge on any atom is -0.309 e. The third-order valence-electron chi connectivity index (χ3n) is 7.85. The van der Waals surface area contributed by atoms with Crippen molar-refractivity contribution in [2.24, 2.45) is 0 Å². The number of thiophene rings is 1. The molecule has 0 saturated carbocycles. The Kier molecular flexibility index (Phi) is 5.39. The highest BCUT2D eigenvalue weighted by atomic mass is 32.1. The van der Waals surface area contributed by atoms with E-state index in [1.807, 2.05) is 0 Å². The lowest BCUT2D eigenvalue weighted by Crippen LogP contribution is -1.93. The molecule has 0 aliphatic carbocycles. The van der Waals surface area contributed by atoms with Gasteiger partial charge in [0, 0.05) is 26.5 Å². The van der Waals surface area contributed by atoms with Gasteiger partial charge in [0.15, 0.2) is 0 Å². The Hall–Kier alpha value is -4.92. The zero-order chi connectivity index (χ0) is 26.5. The SMILES string of the molecule is c1ccc(-c2cc(-c3ccccc3)cc(-c3ccc4c(c3)c3ccc5sccc5c3n4-c3ccccc3)c2)cc1. The standard InChI is InChI=1S/C38H25NS/c1-4-10-26(11-5-1)29-22-30(27-12-6-2-7-13-27)24-31(23-29)28-16-18-36-35(25-28)33-17-19-37-34(20-21-40-37)38(33)39(36)32-14-8-3-9-15-32/h1-25H. The first-order valence-electron chi connectivity index (χ1n) is 13.6. The number of para-hydroxylation sites is 1. The number of hydrogen-bond donors (Lipinski definition) is 0. The molecule has 1 nitrogen and oxygen atoms in total. The van der Waals surface area contributed by atoms with Gasteiger partial charge in [-0.3, -0.25) is 0 Å². The van der Waals surface area contributed by atoms with Crippen LogP contribution in [0.5, 0.6) is 0 Å². The molecule has 0 bridgehead atoms. The zero-order valence-corrected chi connectivity index (χ0v) is 22.6. The first kappa shape index (κ1) is 23.0. The Morgan fingerprint density at radius 2 is 1.00 bits per heavy atom. The summed E-state index contributed by atoms with van der Waals surface area (Å²) in [7, 11) is 0. The van der Waals surface area contributed by atoms with Gasteiger partial charge in [-0.05, 0) is 93.4 Å². The summed E-state index contributed by atoms with van der Waals surface area (Å²) in [6.45, 7) is 0. The summed E-state index contributed by atoms with van der Waals surface area (Å²) >= 11 is 1.80. The predicted octanol–water partition coefficient (Wildman–Crippen LogP) is 11.0. The Bertz CT molecular complexity index is 2080. The highest BCUT2D eigenvalue weighted by Crippen LogP contribution is 2.40. The van der Waals surface area contributed by atoms with Crippen LogP contribution in [0.25, 0.3) is 71.0 Å². The zero-order valence-electron chi connectivity index (χ0n) is 21.8. The van der Waals surface area contributed by atoms with Crippen molar-refractivity contribution in [2.75, 3.05) is 0 Å². The molecule has 2 heterocycles. The summed E-state index contributed by atoms with van der Waals surface area (Å²) in [5.74, 6) is 0. The second-order valence-electron chi connectivity index (χ2n) is 10.2. The van der Waals surface area contributed by atoms with Crippen LogP contribution in [-0.2, 0) is 0 Å². The van der Waals surface area contributed by atoms with Crippen molar-refractivity contribution < 1.29 is 0 Å². The number of hydrogen-bond acceptors (Lipinski definition) is 1. The lowest BCUT2D eigenvalue weighted by Gasteiger charge is -2.12. The highest BCUT2D eigenvalue weighted by Gasteiger charge is 2.17. The van der Waals surface area contributed by atoms with E-state index in [1.165, 1.54) is 71.0 Å². The largest absolute Gasteiger partial charge is 0.309 e. The maximum Gasteiger partial charge on any atom is 0.0627 e. The Labute approximate surface area is 237 Å². The first-order valence-corrected chi connectivity index (χ1v) is 14.5. The van der Waals surface area contributed by atoms with Crippen LogP contribution < -0.4 is 0 Å². The lowest BCUT2D eigenvalue weighted by atomic mass is 9.93. The van der Waals surface area contributed by atoms with Crippen molar-refractivity contribution in [3.63, 3.8) is 0 Å². The molecular weight excluding hydrogens is 502 g/mol. The molecule has 188 valence electrons. The summed E-state index contributed by atoms with van der Waals surface area (Å²) in [6.07, 6.45) is 0. The first-order chi connectivity index (χ1) is 19.8. The average Bonchev–Trinajstić information content (AvgIpc) is 3.64. The quantitative estimate of drug-likeness (QED) is 0.214. The molecule has 40 heavy (non-hydrogen) atoms. The molecule has 0 N–H and O–H groups in total. The second kappa shape index (κ2) is 9.37. The third-order valence-corrected chi connectivity index (χ3v) is 8.74. The predicted molar refractivity (Wildman–Crippen MR) is 172 cm³/mol. The van der Waals surface area contributed by atoms with Gasteiger partial charge in [-0.25, -0.2) is 0 Å². The Morgan fingerprint density at radius 3 is 1.65 bits per heavy atom. The number of aromatic nitrogens is 1. The van der Waals surface area contributed by atoms with Gasteiger partial charge in [0.25, 0.3) is 0 Å². The molecule has 0 amide bonds. The van der Waals surface area contributed by atoms with Gasteiger partial charge in [-0.15, -0.1) is 11.3 Å². The number of benzene rings is 6. The van der Waals surface area contributed by atoms with E-state index in [-0.39, 0.29) is 0 Å². The summed E-state index contributed by atoms with van der Waals surface area (Å²) in [6, 6.07) is 52.9. The molecule has 8 rings (SSSR count). The van der Waals surface area contributed by atoms with Crippen LogP contribution in [0.2, 0.25) is 0 Å². The van der Waals surface area contributed by atoms with E-state index in [2.05, 4.69) is 156 Å².